The standard InChI is InChI=1S/C19H18ClN3O3/c1-25-18-8-2-13(11-22-18)10-21-17(24)7-9-19-23-12-16(26-19)14-3-5-15(20)6-4-14/h2-6,8,11-12H,7,9-10H2,1H3,(H,21,24). The molecule has 134 valence electrons. The van der Waals surface area contributed by atoms with Gasteiger partial charge in [0.05, 0.1) is 13.3 Å². The third-order valence-electron chi connectivity index (χ3n) is 3.74. The van der Waals surface area contributed by atoms with Crippen LogP contribution < -0.4 is 10.1 Å². The van der Waals surface area contributed by atoms with Crippen molar-refractivity contribution in [2.24, 2.45) is 0 Å². The number of hydrogen-bond donors (Lipinski definition) is 1. The van der Waals surface area contributed by atoms with Crippen molar-refractivity contribution in [2.45, 2.75) is 19.4 Å². The van der Waals surface area contributed by atoms with Crippen molar-refractivity contribution in [3.63, 3.8) is 0 Å². The van der Waals surface area contributed by atoms with Crippen LogP contribution in [-0.2, 0) is 17.8 Å². The minimum absolute atomic E-state index is 0.0768. The van der Waals surface area contributed by atoms with Gasteiger partial charge in [-0.25, -0.2) is 9.97 Å². The number of nitrogens with one attached hydrogen (secondary N) is 1. The maximum Gasteiger partial charge on any atom is 0.220 e. The lowest BCUT2D eigenvalue weighted by atomic mass is 10.2. The van der Waals surface area contributed by atoms with Crippen LogP contribution in [0.5, 0.6) is 5.88 Å². The van der Waals surface area contributed by atoms with E-state index < -0.39 is 0 Å². The largest absolute Gasteiger partial charge is 0.481 e. The van der Waals surface area contributed by atoms with Gasteiger partial charge in [0.2, 0.25) is 11.8 Å². The molecule has 0 aliphatic rings. The number of hydrogen-bond acceptors (Lipinski definition) is 5. The van der Waals surface area contributed by atoms with Gasteiger partial charge in [-0.05, 0) is 29.8 Å². The van der Waals surface area contributed by atoms with Crippen molar-refractivity contribution in [1.29, 1.82) is 0 Å². The van der Waals surface area contributed by atoms with Gasteiger partial charge in [0.25, 0.3) is 0 Å². The van der Waals surface area contributed by atoms with Crippen LogP contribution in [0.2, 0.25) is 5.02 Å². The third kappa shape index (κ3) is 4.83. The molecule has 26 heavy (non-hydrogen) atoms. The van der Waals surface area contributed by atoms with E-state index in [1.54, 1.807) is 37.7 Å². The average Bonchev–Trinajstić information content (AvgIpc) is 3.14. The number of amides is 1. The molecule has 6 nitrogen and oxygen atoms in total. The van der Waals surface area contributed by atoms with Crippen molar-refractivity contribution in [2.75, 3.05) is 7.11 Å². The van der Waals surface area contributed by atoms with E-state index in [4.69, 9.17) is 20.8 Å². The second-order valence-corrected chi connectivity index (χ2v) is 6.05. The van der Waals surface area contributed by atoms with Crippen LogP contribution in [0, 0.1) is 0 Å². The molecule has 3 aromatic rings. The topological polar surface area (TPSA) is 77.2 Å². The molecule has 0 saturated heterocycles. The summed E-state index contributed by atoms with van der Waals surface area (Å²) >= 11 is 5.88. The highest BCUT2D eigenvalue weighted by Gasteiger charge is 2.09. The first-order valence-corrected chi connectivity index (χ1v) is 8.48. The Bertz CT molecular complexity index is 860. The fraction of sp³-hybridized carbons (Fsp3) is 0.211. The van der Waals surface area contributed by atoms with Crippen LogP contribution in [0.15, 0.2) is 53.2 Å². The van der Waals surface area contributed by atoms with Crippen LogP contribution in [0.1, 0.15) is 17.9 Å². The zero-order valence-corrected chi connectivity index (χ0v) is 15.0. The Hall–Kier alpha value is -2.86. The number of methoxy groups -OCH3 is 1. The molecule has 0 fully saturated rings. The van der Waals surface area contributed by atoms with Crippen LogP contribution >= 0.6 is 11.6 Å². The molecule has 1 aromatic carbocycles. The number of halogens is 1. The maximum atomic E-state index is 12.0. The average molecular weight is 372 g/mol. The van der Waals surface area contributed by atoms with E-state index in [0.29, 0.717) is 41.9 Å². The lowest BCUT2D eigenvalue weighted by molar-refractivity contribution is -0.121. The first kappa shape index (κ1) is 17.9. The first-order valence-electron chi connectivity index (χ1n) is 8.10. The summed E-state index contributed by atoms with van der Waals surface area (Å²) in [5, 5.41) is 3.51. The minimum atomic E-state index is -0.0768. The smallest absolute Gasteiger partial charge is 0.220 e. The van der Waals surface area contributed by atoms with Gasteiger partial charge in [-0.3, -0.25) is 4.79 Å². The Morgan fingerprint density at radius 3 is 2.65 bits per heavy atom. The van der Waals surface area contributed by atoms with Crippen LogP contribution in [0.25, 0.3) is 11.3 Å². The number of ether oxygens (including phenoxy) is 1. The van der Waals surface area contributed by atoms with Gasteiger partial charge in [-0.15, -0.1) is 0 Å². The summed E-state index contributed by atoms with van der Waals surface area (Å²) in [6, 6.07) is 10.9. The van der Waals surface area contributed by atoms with E-state index in [1.165, 1.54) is 0 Å². The van der Waals surface area contributed by atoms with E-state index in [-0.39, 0.29) is 5.91 Å². The van der Waals surface area contributed by atoms with E-state index in [9.17, 15) is 4.79 Å². The highest BCUT2D eigenvalue weighted by Crippen LogP contribution is 2.22. The summed E-state index contributed by atoms with van der Waals surface area (Å²) in [5.74, 6) is 1.64. The minimum Gasteiger partial charge on any atom is -0.481 e. The zero-order chi connectivity index (χ0) is 18.4. The molecule has 0 radical (unpaired) electrons. The first-order chi connectivity index (χ1) is 12.6. The van der Waals surface area contributed by atoms with Crippen molar-refractivity contribution < 1.29 is 13.9 Å². The van der Waals surface area contributed by atoms with Gasteiger partial charge in [-0.2, -0.15) is 0 Å². The predicted molar refractivity (Wildman–Crippen MR) is 97.9 cm³/mol. The van der Waals surface area contributed by atoms with Gasteiger partial charge < -0.3 is 14.5 Å². The SMILES string of the molecule is COc1ccc(CNC(=O)CCc2ncc(-c3ccc(Cl)cc3)o2)cn1. The second kappa shape index (κ2) is 8.49. The molecule has 2 aromatic heterocycles. The number of aryl methyl sites for hydroxylation is 1. The second-order valence-electron chi connectivity index (χ2n) is 5.61. The van der Waals surface area contributed by atoms with E-state index in [2.05, 4.69) is 15.3 Å². The molecule has 0 aliphatic carbocycles. The predicted octanol–water partition coefficient (Wildman–Crippen LogP) is 3.65. The number of oxazole rings is 1. The van der Waals surface area contributed by atoms with Crippen molar-refractivity contribution in [3.8, 4) is 17.2 Å². The number of benzene rings is 1. The van der Waals surface area contributed by atoms with Crippen molar-refractivity contribution in [1.82, 2.24) is 15.3 Å². The van der Waals surface area contributed by atoms with Gasteiger partial charge >= 0.3 is 0 Å². The van der Waals surface area contributed by atoms with E-state index in [0.717, 1.165) is 11.1 Å². The number of pyridine rings is 1. The quantitative estimate of drug-likeness (QED) is 0.686. The fourth-order valence-corrected chi connectivity index (χ4v) is 2.45. The highest BCUT2D eigenvalue weighted by molar-refractivity contribution is 6.30. The lowest BCUT2D eigenvalue weighted by Gasteiger charge is -2.05. The lowest BCUT2D eigenvalue weighted by Crippen LogP contribution is -2.23. The summed E-state index contributed by atoms with van der Waals surface area (Å²) in [5.41, 5.74) is 1.80. The Kier molecular flexibility index (Phi) is 5.86. The molecule has 0 spiro atoms. The molecule has 0 saturated carbocycles. The monoisotopic (exact) mass is 371 g/mol. The van der Waals surface area contributed by atoms with Crippen LogP contribution in [-0.4, -0.2) is 23.0 Å². The molecule has 1 amide bonds. The summed E-state index contributed by atoms with van der Waals surface area (Å²) in [6.07, 6.45) is 4.05. The Morgan fingerprint density at radius 2 is 1.96 bits per heavy atom. The molecule has 1 N–H and O–H groups in total. The molecule has 2 heterocycles. The molecule has 0 bridgehead atoms. The number of aromatic nitrogens is 2. The van der Waals surface area contributed by atoms with Crippen LogP contribution in [0.4, 0.5) is 0 Å². The van der Waals surface area contributed by atoms with Gasteiger partial charge in [0, 0.05) is 42.2 Å². The number of nitrogens with zero attached hydrogens (tertiary/aromatic N) is 2. The van der Waals surface area contributed by atoms with Crippen molar-refractivity contribution in [3.05, 3.63) is 65.3 Å². The van der Waals surface area contributed by atoms with Crippen LogP contribution in [0.3, 0.4) is 0 Å². The van der Waals surface area contributed by atoms with Crippen molar-refractivity contribution >= 4 is 17.5 Å². The molecule has 0 atom stereocenters. The highest BCUT2D eigenvalue weighted by atomic mass is 35.5. The molecule has 0 aliphatic heterocycles. The maximum absolute atomic E-state index is 12.0. The molecular formula is C19H18ClN3O3. The Balaban J connectivity index is 1.47. The summed E-state index contributed by atoms with van der Waals surface area (Å²) < 4.78 is 10.7. The van der Waals surface area contributed by atoms with Gasteiger partial charge in [0.1, 0.15) is 0 Å². The van der Waals surface area contributed by atoms with E-state index >= 15 is 0 Å². The van der Waals surface area contributed by atoms with Gasteiger partial charge in [0.15, 0.2) is 11.7 Å². The fourth-order valence-electron chi connectivity index (χ4n) is 2.32. The number of rotatable bonds is 7. The normalized spacial score (nSPS) is 10.5. The zero-order valence-electron chi connectivity index (χ0n) is 14.2. The summed E-state index contributed by atoms with van der Waals surface area (Å²) in [7, 11) is 1.56. The van der Waals surface area contributed by atoms with Gasteiger partial charge in [-0.1, -0.05) is 17.7 Å². The molecular weight excluding hydrogens is 354 g/mol. The van der Waals surface area contributed by atoms with E-state index in [1.807, 2.05) is 18.2 Å². The Morgan fingerprint density at radius 1 is 1.15 bits per heavy atom. The third-order valence-corrected chi connectivity index (χ3v) is 4.00. The molecule has 3 rings (SSSR count). The summed E-state index contributed by atoms with van der Waals surface area (Å²) in [4.78, 5) is 20.3. The number of carbonyl (C=O) groups excluding carboxylic acids is 1. The summed E-state index contributed by atoms with van der Waals surface area (Å²) in [6.45, 7) is 0.414. The number of carbonyl (C=O) groups is 1. The molecule has 0 unspecified atom stereocenters. The Labute approximate surface area is 156 Å². The molecule has 7 heteroatoms.